The molecule has 0 N–H and O–H groups in total. The van der Waals surface area contributed by atoms with Crippen LogP contribution in [0.4, 0.5) is 26.3 Å². The lowest BCUT2D eigenvalue weighted by Crippen LogP contribution is -2.45. The van der Waals surface area contributed by atoms with Gasteiger partial charge in [-0.05, 0) is 24.7 Å². The first-order valence-corrected chi connectivity index (χ1v) is 9.39. The highest BCUT2D eigenvalue weighted by atomic mass is 32.2. The first-order valence-electron chi connectivity index (χ1n) is 7.92. The average Bonchev–Trinajstić information content (AvgIpc) is 3.15. The van der Waals surface area contributed by atoms with Crippen molar-refractivity contribution in [3.63, 3.8) is 0 Å². The Balaban J connectivity index is 2.24. The summed E-state index contributed by atoms with van der Waals surface area (Å²) in [5.41, 5.74) is 0. The molecule has 162 valence electrons. The van der Waals surface area contributed by atoms with Gasteiger partial charge in [-0.2, -0.15) is 34.8 Å². The van der Waals surface area contributed by atoms with E-state index in [1.54, 1.807) is 0 Å². The number of esters is 2. The van der Waals surface area contributed by atoms with Crippen molar-refractivity contribution in [3.05, 3.63) is 0 Å². The first-order chi connectivity index (χ1) is 12.7. The van der Waals surface area contributed by atoms with Crippen LogP contribution in [0.15, 0.2) is 0 Å². The van der Waals surface area contributed by atoms with Crippen molar-refractivity contribution in [2.45, 2.75) is 30.4 Å². The number of fused-ring (bicyclic) bond motifs is 2. The summed E-state index contributed by atoms with van der Waals surface area (Å²) in [6.07, 6.45) is -10.0. The fraction of sp³-hybridized carbons (Fsp3) is 0.857. The molecule has 0 amide bonds. The number of alkyl halides is 6. The van der Waals surface area contributed by atoms with Crippen molar-refractivity contribution < 1.29 is 58.0 Å². The highest BCUT2D eigenvalue weighted by Gasteiger charge is 2.62. The van der Waals surface area contributed by atoms with Gasteiger partial charge in [0.2, 0.25) is 0 Å². The summed E-state index contributed by atoms with van der Waals surface area (Å²) < 4.78 is 110. The molecule has 2 saturated carbocycles. The molecule has 0 aliphatic heterocycles. The van der Waals surface area contributed by atoms with E-state index in [0.29, 0.717) is 0 Å². The molecule has 2 rings (SSSR count). The third-order valence-corrected chi connectivity index (χ3v) is 6.60. The predicted octanol–water partition coefficient (Wildman–Crippen LogP) is 1.81. The largest absolute Gasteiger partial charge is 0.456 e. The van der Waals surface area contributed by atoms with Crippen LogP contribution in [0.1, 0.15) is 12.8 Å². The highest BCUT2D eigenvalue weighted by molar-refractivity contribution is 7.87. The van der Waals surface area contributed by atoms with Crippen molar-refractivity contribution in [2.24, 2.45) is 23.7 Å². The Morgan fingerprint density at radius 2 is 1.36 bits per heavy atom. The third-order valence-electron chi connectivity index (χ3n) is 4.85. The van der Waals surface area contributed by atoms with Crippen LogP contribution in [0.25, 0.3) is 0 Å². The van der Waals surface area contributed by atoms with Gasteiger partial charge in [-0.15, -0.1) is 0 Å². The lowest BCUT2D eigenvalue weighted by atomic mass is 9.79. The predicted molar refractivity (Wildman–Crippen MR) is 76.9 cm³/mol. The molecule has 0 aromatic rings. The molecular weight excluding hydrogens is 426 g/mol. The number of rotatable bonds is 6. The van der Waals surface area contributed by atoms with Crippen molar-refractivity contribution in [3.8, 4) is 0 Å². The van der Waals surface area contributed by atoms with E-state index >= 15 is 0 Å². The maximum atomic E-state index is 12.3. The van der Waals surface area contributed by atoms with Crippen LogP contribution in [-0.4, -0.2) is 58.3 Å². The molecule has 2 aliphatic carbocycles. The molecule has 0 saturated heterocycles. The number of carbonyl (C=O) groups excluding carboxylic acids is 2. The Morgan fingerprint density at radius 1 is 0.893 bits per heavy atom. The minimum absolute atomic E-state index is 0.0785. The van der Waals surface area contributed by atoms with Crippen LogP contribution < -0.4 is 0 Å². The molecule has 2 fully saturated rings. The van der Waals surface area contributed by atoms with E-state index in [2.05, 4.69) is 13.7 Å². The van der Waals surface area contributed by atoms with Gasteiger partial charge < -0.3 is 9.47 Å². The molecule has 2 aliphatic rings. The van der Waals surface area contributed by atoms with E-state index in [0.717, 1.165) is 7.11 Å². The number of carbonyl (C=O) groups is 2. The maximum absolute atomic E-state index is 12.3. The maximum Gasteiger partial charge on any atom is 0.422 e. The van der Waals surface area contributed by atoms with Gasteiger partial charge in [-0.1, -0.05) is 0 Å². The van der Waals surface area contributed by atoms with Gasteiger partial charge >= 0.3 is 24.3 Å². The zero-order chi connectivity index (χ0) is 21.5. The number of hydrogen-bond donors (Lipinski definition) is 0. The van der Waals surface area contributed by atoms with Crippen molar-refractivity contribution >= 4 is 22.1 Å². The van der Waals surface area contributed by atoms with Gasteiger partial charge in [0.1, 0.15) is 0 Å². The van der Waals surface area contributed by atoms with Crippen LogP contribution in [0.2, 0.25) is 0 Å². The lowest BCUT2D eigenvalue weighted by Gasteiger charge is -2.32. The molecule has 14 heteroatoms. The first kappa shape index (κ1) is 22.7. The van der Waals surface area contributed by atoms with Gasteiger partial charge in [-0.3, -0.25) is 13.8 Å². The molecule has 7 nitrogen and oxygen atoms in total. The van der Waals surface area contributed by atoms with Gasteiger partial charge in [0, 0.05) is 0 Å². The molecule has 2 bridgehead atoms. The second kappa shape index (κ2) is 7.69. The van der Waals surface area contributed by atoms with E-state index in [-0.39, 0.29) is 12.8 Å². The summed E-state index contributed by atoms with van der Waals surface area (Å²) in [5, 5.41) is -1.29. The second-order valence-corrected chi connectivity index (χ2v) is 8.52. The van der Waals surface area contributed by atoms with E-state index in [9.17, 15) is 44.3 Å². The second-order valence-electron chi connectivity index (χ2n) is 6.59. The highest BCUT2D eigenvalue weighted by Crippen LogP contribution is 2.55. The molecule has 0 spiro atoms. The minimum Gasteiger partial charge on any atom is -0.456 e. The van der Waals surface area contributed by atoms with Gasteiger partial charge in [-0.25, -0.2) is 0 Å². The number of halogens is 6. The van der Waals surface area contributed by atoms with E-state index in [4.69, 9.17) is 0 Å². The summed E-state index contributed by atoms with van der Waals surface area (Å²) in [7, 11) is -3.33. The molecule has 5 unspecified atom stereocenters. The zero-order valence-electron chi connectivity index (χ0n) is 14.2. The number of hydrogen-bond acceptors (Lipinski definition) is 7. The summed E-state index contributed by atoms with van der Waals surface area (Å²) in [6.45, 7) is -3.92. The van der Waals surface area contributed by atoms with Gasteiger partial charge in [0.25, 0.3) is 10.1 Å². The van der Waals surface area contributed by atoms with Crippen molar-refractivity contribution in [1.82, 2.24) is 0 Å². The molecule has 0 aromatic heterocycles. The molecular formula is C14H16F6O7S. The smallest absolute Gasteiger partial charge is 0.422 e. The third kappa shape index (κ3) is 5.07. The Morgan fingerprint density at radius 3 is 1.79 bits per heavy atom. The molecule has 28 heavy (non-hydrogen) atoms. The topological polar surface area (TPSA) is 96.0 Å². The quantitative estimate of drug-likeness (QED) is 0.352. The van der Waals surface area contributed by atoms with E-state index in [1.165, 1.54) is 0 Å². The van der Waals surface area contributed by atoms with Crippen LogP contribution >= 0.6 is 0 Å². The molecule has 0 radical (unpaired) electrons. The average molecular weight is 442 g/mol. The van der Waals surface area contributed by atoms with E-state index in [1.807, 2.05) is 0 Å². The summed E-state index contributed by atoms with van der Waals surface area (Å²) >= 11 is 0. The lowest BCUT2D eigenvalue weighted by molar-refractivity contribution is -0.198. The molecule has 0 aromatic carbocycles. The minimum atomic E-state index is -4.88. The normalized spacial score (nSPS) is 30.3. The van der Waals surface area contributed by atoms with E-state index < -0.39 is 76.5 Å². The summed E-state index contributed by atoms with van der Waals surface area (Å²) in [4.78, 5) is 24.3. The molecule has 0 heterocycles. The van der Waals surface area contributed by atoms with Crippen LogP contribution in [-0.2, 0) is 33.4 Å². The fourth-order valence-electron chi connectivity index (χ4n) is 3.92. The Hall–Kier alpha value is -1.57. The molecule has 5 atom stereocenters. The van der Waals surface area contributed by atoms with Gasteiger partial charge in [0.15, 0.2) is 13.2 Å². The standard InChI is InChI=1S/C14H16F6O7S/c1-25-28(23,24)8-3-6-2-7(8)10(12(22)27-5-14(18,19)20)9(6)11(21)26-4-13(15,16)17/h6-10H,2-5H2,1H3. The van der Waals surface area contributed by atoms with Crippen LogP contribution in [0.5, 0.6) is 0 Å². The fourth-order valence-corrected chi connectivity index (χ4v) is 5.35. The SMILES string of the molecule is COS(=O)(=O)C1CC2CC1C(C(=O)OCC(F)(F)F)C2C(=O)OCC(F)(F)F. The zero-order valence-corrected chi connectivity index (χ0v) is 15.1. The van der Waals surface area contributed by atoms with Crippen molar-refractivity contribution in [2.75, 3.05) is 20.3 Å². The Bertz CT molecular complexity index is 717. The number of ether oxygens (including phenoxy) is 2. The Labute approximate surface area is 155 Å². The Kier molecular flexibility index (Phi) is 6.24. The monoisotopic (exact) mass is 442 g/mol. The van der Waals surface area contributed by atoms with Crippen LogP contribution in [0, 0.1) is 23.7 Å². The van der Waals surface area contributed by atoms with Gasteiger partial charge in [0.05, 0.1) is 24.2 Å². The van der Waals surface area contributed by atoms with Crippen molar-refractivity contribution in [1.29, 1.82) is 0 Å². The summed E-state index contributed by atoms with van der Waals surface area (Å²) in [5.74, 6) is -8.18. The summed E-state index contributed by atoms with van der Waals surface area (Å²) in [6, 6.07) is 0. The van der Waals surface area contributed by atoms with Crippen LogP contribution in [0.3, 0.4) is 0 Å².